The van der Waals surface area contributed by atoms with Crippen LogP contribution in [0.4, 0.5) is 0 Å². The van der Waals surface area contributed by atoms with Gasteiger partial charge in [-0.2, -0.15) is 0 Å². The van der Waals surface area contributed by atoms with Crippen molar-refractivity contribution in [2.24, 2.45) is 0 Å². The monoisotopic (exact) mass is 1260 g/mol. The molecule has 0 spiro atoms. The summed E-state index contributed by atoms with van der Waals surface area (Å²) in [4.78, 5) is 0. The lowest BCUT2D eigenvalue weighted by molar-refractivity contribution is 0.769. The Hall–Kier alpha value is -11.1. The van der Waals surface area contributed by atoms with Gasteiger partial charge in [0, 0.05) is 67.9 Å². The predicted molar refractivity (Wildman–Crippen MR) is 419 cm³/mol. The summed E-state index contributed by atoms with van der Waals surface area (Å²) < 4.78 is 7.72. The van der Waals surface area contributed by atoms with Crippen LogP contribution in [0.25, 0.3) is 163 Å². The van der Waals surface area contributed by atoms with E-state index in [1.165, 1.54) is 183 Å². The third-order valence-electron chi connectivity index (χ3n) is 20.4. The summed E-state index contributed by atoms with van der Waals surface area (Å²) in [7, 11) is 0. The van der Waals surface area contributed by atoms with Crippen molar-refractivity contribution >= 4 is 141 Å². The molecule has 11 aromatic carbocycles. The molecule has 0 saturated carbocycles. The lowest BCUT2D eigenvalue weighted by Crippen LogP contribution is -2.30. The van der Waals surface area contributed by atoms with Crippen LogP contribution in [-0.2, 0) is 0 Å². The second kappa shape index (κ2) is 23.7. The van der Waals surface area contributed by atoms with Crippen molar-refractivity contribution in [2.75, 3.05) is 0 Å². The SMILES string of the molecule is CC(=C\C=C(/C)n1c2ccc(-c3cccc4c3sc3c(-c5cc6c(c7c5C=CC=C=C7)C(C)CC=C6)cccc34)cc2c2cc(-c3cccc4c3sc3c(-c5cc6ccccc6c6ccccc56)cccc34)ccc21)/C1=c2\cccc\c2=C(/C2=CC=CC=C=C2)C/C=C\C=C/C1. The molecular weight excluding hydrogens is 1200 g/mol. The van der Waals surface area contributed by atoms with Gasteiger partial charge in [0.15, 0.2) is 0 Å². The van der Waals surface area contributed by atoms with E-state index in [4.69, 9.17) is 0 Å². The molecular formula is C93H65NS2. The fourth-order valence-electron chi connectivity index (χ4n) is 15.9. The molecule has 454 valence electrons. The average Bonchev–Trinajstić information content (AvgIpc) is 1.45. The molecule has 4 aliphatic rings. The molecule has 1 atom stereocenters. The van der Waals surface area contributed by atoms with E-state index in [1.807, 2.05) is 34.8 Å². The Morgan fingerprint density at radius 3 is 1.74 bits per heavy atom. The van der Waals surface area contributed by atoms with E-state index in [2.05, 4.69) is 322 Å². The standard InChI is InChI=1S/C93H65NS2/c1-58(66-31-11-6-7-12-32-67(61-27-9-4-5-10-28-61)72-36-18-17-35-71(66)72)48-49-60(3)94-87-52-50-63(69-40-22-42-77-79-44-24-46-81(92(79)95-90(69)77)83-54-62-29-15-16-33-68(62)73-37-19-20-38-74(73)83)55-85(87)86-56-64(51-53-88(86)94)70-41-23-43-78-80-45-25-47-82(93(80)96-91(70)78)84-57-65-30-21-26-59(2)89(65)76-39-14-8-13-34-75(76)84/h4-9,11-13,15-25,27-30,33-57,59H,26,31-32H2,1-3H3/b11-6-,12-7-,58-48+,60-49+,71-66+,72-67+. The zero-order valence-electron chi connectivity index (χ0n) is 53.8. The topological polar surface area (TPSA) is 4.93 Å². The maximum atomic E-state index is 3.48. The molecule has 3 heterocycles. The first-order valence-corrected chi connectivity index (χ1v) is 35.2. The molecule has 3 heteroatoms. The number of allylic oxidation sites excluding steroid dienone is 16. The first kappa shape index (κ1) is 57.5. The Bertz CT molecular complexity index is 6280. The van der Waals surface area contributed by atoms with Crippen LogP contribution in [0, 0.1) is 0 Å². The highest BCUT2D eigenvalue weighted by atomic mass is 32.1. The number of benzene rings is 11. The number of hydrogen-bond acceptors (Lipinski definition) is 2. The normalized spacial score (nSPS) is 17.3. The molecule has 1 nitrogen and oxygen atoms in total. The Morgan fingerprint density at radius 2 is 1.03 bits per heavy atom. The largest absolute Gasteiger partial charge is 0.313 e. The first-order valence-electron chi connectivity index (χ1n) is 33.5. The Balaban J connectivity index is 0.822. The fraction of sp³-hybridized carbons (Fsp3) is 0.0753. The quantitative estimate of drug-likeness (QED) is 0.0812. The van der Waals surface area contributed by atoms with Crippen molar-refractivity contribution in [3.8, 4) is 44.5 Å². The highest BCUT2D eigenvalue weighted by Crippen LogP contribution is 2.50. The third kappa shape index (κ3) is 9.58. The van der Waals surface area contributed by atoms with Gasteiger partial charge in [0.1, 0.15) is 0 Å². The van der Waals surface area contributed by atoms with Gasteiger partial charge < -0.3 is 4.57 Å². The van der Waals surface area contributed by atoms with Gasteiger partial charge in [-0.3, -0.25) is 0 Å². The maximum absolute atomic E-state index is 3.48. The smallest absolute Gasteiger partial charge is 0.0538 e. The van der Waals surface area contributed by atoms with Gasteiger partial charge in [-0.05, 0) is 216 Å². The lowest BCUT2D eigenvalue weighted by Gasteiger charge is -2.24. The van der Waals surface area contributed by atoms with Gasteiger partial charge in [-0.1, -0.05) is 238 Å². The number of nitrogens with zero attached hydrogens (tertiary/aromatic N) is 1. The Kier molecular flexibility index (Phi) is 14.2. The molecule has 1 unspecified atom stereocenters. The summed E-state index contributed by atoms with van der Waals surface area (Å²) in [6.45, 7) is 6.93. The Labute approximate surface area is 567 Å². The minimum Gasteiger partial charge on any atom is -0.313 e. The van der Waals surface area contributed by atoms with E-state index in [9.17, 15) is 0 Å². The first-order chi connectivity index (χ1) is 47.4. The maximum Gasteiger partial charge on any atom is 0.0538 e. The van der Waals surface area contributed by atoms with Gasteiger partial charge >= 0.3 is 0 Å². The van der Waals surface area contributed by atoms with E-state index >= 15 is 0 Å². The molecule has 0 N–H and O–H groups in total. The average molecular weight is 1260 g/mol. The zero-order valence-corrected chi connectivity index (χ0v) is 55.4. The summed E-state index contributed by atoms with van der Waals surface area (Å²) in [5.41, 5.74) is 30.7. The highest BCUT2D eigenvalue weighted by molar-refractivity contribution is 7.27. The second-order valence-electron chi connectivity index (χ2n) is 26.0. The molecule has 96 heavy (non-hydrogen) atoms. The van der Waals surface area contributed by atoms with Gasteiger partial charge in [-0.15, -0.1) is 34.1 Å². The van der Waals surface area contributed by atoms with Crippen molar-refractivity contribution in [3.63, 3.8) is 0 Å². The van der Waals surface area contributed by atoms with Crippen LogP contribution in [0.15, 0.2) is 302 Å². The number of thiophene rings is 2. The van der Waals surface area contributed by atoms with Gasteiger partial charge in [0.2, 0.25) is 0 Å². The molecule has 0 radical (unpaired) electrons. The molecule has 0 fully saturated rings. The van der Waals surface area contributed by atoms with E-state index in [0.29, 0.717) is 5.92 Å². The highest BCUT2D eigenvalue weighted by Gasteiger charge is 2.25. The van der Waals surface area contributed by atoms with Crippen LogP contribution in [0.2, 0.25) is 0 Å². The van der Waals surface area contributed by atoms with E-state index < -0.39 is 0 Å². The molecule has 0 aliphatic heterocycles. The molecule has 14 aromatic rings. The third-order valence-corrected chi connectivity index (χ3v) is 23.0. The van der Waals surface area contributed by atoms with Crippen molar-refractivity contribution in [3.05, 3.63) is 334 Å². The fourth-order valence-corrected chi connectivity index (χ4v) is 18.6. The molecule has 3 aromatic heterocycles. The van der Waals surface area contributed by atoms with Crippen molar-refractivity contribution < 1.29 is 0 Å². The van der Waals surface area contributed by atoms with Gasteiger partial charge in [0.05, 0.1) is 11.0 Å². The van der Waals surface area contributed by atoms with Gasteiger partial charge in [0.25, 0.3) is 0 Å². The van der Waals surface area contributed by atoms with Crippen LogP contribution < -0.4 is 10.4 Å². The summed E-state index contributed by atoms with van der Waals surface area (Å²) in [6.07, 6.45) is 40.2. The minimum absolute atomic E-state index is 0.438. The van der Waals surface area contributed by atoms with Crippen LogP contribution in [0.1, 0.15) is 68.2 Å². The zero-order chi connectivity index (χ0) is 64.0. The van der Waals surface area contributed by atoms with E-state index in [1.54, 1.807) is 0 Å². The summed E-state index contributed by atoms with van der Waals surface area (Å²) >= 11 is 3.86. The molecule has 4 aliphatic carbocycles. The number of rotatable bonds is 8. The summed E-state index contributed by atoms with van der Waals surface area (Å²) in [5.74, 6) is 0.438. The van der Waals surface area contributed by atoms with Crippen molar-refractivity contribution in [1.29, 1.82) is 0 Å². The predicted octanol–water partition coefficient (Wildman–Crippen LogP) is 25.1. The van der Waals surface area contributed by atoms with E-state index in [-0.39, 0.29) is 0 Å². The second-order valence-corrected chi connectivity index (χ2v) is 28.0. The number of aromatic nitrogens is 1. The molecule has 0 amide bonds. The van der Waals surface area contributed by atoms with Crippen LogP contribution in [-0.4, -0.2) is 4.57 Å². The molecule has 18 rings (SSSR count). The summed E-state index contributed by atoms with van der Waals surface area (Å²) in [6, 6.07) is 73.7. The molecule has 0 saturated heterocycles. The van der Waals surface area contributed by atoms with Crippen molar-refractivity contribution in [2.45, 2.75) is 46.0 Å². The van der Waals surface area contributed by atoms with Crippen molar-refractivity contribution in [1.82, 2.24) is 4.57 Å². The number of hydrogen-bond donors (Lipinski definition) is 0. The van der Waals surface area contributed by atoms with E-state index in [0.717, 1.165) is 25.0 Å². The van der Waals surface area contributed by atoms with Crippen LogP contribution >= 0.6 is 22.7 Å². The Morgan fingerprint density at radius 1 is 0.448 bits per heavy atom. The number of fused-ring (bicyclic) bond motifs is 16. The van der Waals surface area contributed by atoms with Crippen LogP contribution in [0.3, 0.4) is 0 Å². The van der Waals surface area contributed by atoms with Crippen LogP contribution in [0.5, 0.6) is 0 Å². The lowest BCUT2D eigenvalue weighted by atomic mass is 9.80. The minimum atomic E-state index is 0.438. The summed E-state index contributed by atoms with van der Waals surface area (Å²) in [5, 5.41) is 15.2. The van der Waals surface area contributed by atoms with Gasteiger partial charge in [-0.25, -0.2) is 0 Å². The molecule has 0 bridgehead atoms.